The van der Waals surface area contributed by atoms with Gasteiger partial charge in [-0.25, -0.2) is 0 Å². The van der Waals surface area contributed by atoms with Crippen LogP contribution in [0.3, 0.4) is 0 Å². The Morgan fingerprint density at radius 3 is 2.52 bits per heavy atom. The summed E-state index contributed by atoms with van der Waals surface area (Å²) in [6.45, 7) is 2.44. The van der Waals surface area contributed by atoms with Crippen LogP contribution in [0.25, 0.3) is 6.08 Å². The van der Waals surface area contributed by atoms with E-state index in [1.807, 2.05) is 37.3 Å². The van der Waals surface area contributed by atoms with Crippen molar-refractivity contribution in [3.05, 3.63) is 64.6 Å². The third-order valence-corrected chi connectivity index (χ3v) is 5.79. The zero-order chi connectivity index (χ0) is 20.8. The highest BCUT2D eigenvalue weighted by Gasteiger charge is 2.31. The third kappa shape index (κ3) is 5.68. The second-order valence-electron chi connectivity index (χ2n) is 6.62. The molecule has 1 aliphatic heterocycles. The monoisotopic (exact) mass is 426 g/mol. The highest BCUT2D eigenvalue weighted by atomic mass is 32.2. The van der Waals surface area contributed by atoms with Crippen molar-refractivity contribution >= 4 is 51.9 Å². The summed E-state index contributed by atoms with van der Waals surface area (Å²) in [6, 6.07) is 15.1. The zero-order valence-corrected chi connectivity index (χ0v) is 17.9. The summed E-state index contributed by atoms with van der Waals surface area (Å²) >= 11 is 6.66. The Hall–Kier alpha value is -2.64. The van der Waals surface area contributed by atoms with Crippen molar-refractivity contribution in [1.82, 2.24) is 4.90 Å². The summed E-state index contributed by atoms with van der Waals surface area (Å²) in [4.78, 5) is 27.0. The smallest absolute Gasteiger partial charge is 0.266 e. The average molecular weight is 427 g/mol. The van der Waals surface area contributed by atoms with Gasteiger partial charge in [0.2, 0.25) is 5.91 Å². The molecule has 1 N–H and O–H groups in total. The molecule has 1 saturated heterocycles. The number of hydrogen-bond donors (Lipinski definition) is 1. The molecule has 2 aromatic rings. The van der Waals surface area contributed by atoms with Crippen molar-refractivity contribution in [1.29, 1.82) is 0 Å². The Morgan fingerprint density at radius 1 is 1.17 bits per heavy atom. The van der Waals surface area contributed by atoms with E-state index in [9.17, 15) is 9.59 Å². The van der Waals surface area contributed by atoms with E-state index in [4.69, 9.17) is 17.0 Å². The number of carbonyl (C=O) groups is 2. The van der Waals surface area contributed by atoms with Crippen molar-refractivity contribution in [2.75, 3.05) is 19.0 Å². The molecule has 0 saturated carbocycles. The van der Waals surface area contributed by atoms with Gasteiger partial charge in [-0.15, -0.1) is 0 Å². The molecule has 1 fully saturated rings. The predicted molar refractivity (Wildman–Crippen MR) is 122 cm³/mol. The molecule has 0 atom stereocenters. The number of nitrogens with one attached hydrogen (secondary N) is 1. The van der Waals surface area contributed by atoms with Gasteiger partial charge in [-0.2, -0.15) is 0 Å². The van der Waals surface area contributed by atoms with E-state index >= 15 is 0 Å². The van der Waals surface area contributed by atoms with Crippen LogP contribution < -0.4 is 10.1 Å². The van der Waals surface area contributed by atoms with Crippen LogP contribution in [0.4, 0.5) is 5.69 Å². The quantitative estimate of drug-likeness (QED) is 0.517. The molecule has 0 radical (unpaired) electrons. The standard InChI is InChI=1S/C22H22N2O3S2/c1-15-5-7-16(8-6-15)14-19-21(26)24(22(28)29-19)13-3-4-20(25)23-17-9-11-18(27-2)12-10-17/h5-12,14H,3-4,13H2,1-2H3,(H,23,25)/b19-14-. The number of thioether (sulfide) groups is 1. The Bertz CT molecular complexity index is 938. The van der Waals surface area contributed by atoms with Gasteiger partial charge in [0.1, 0.15) is 10.1 Å². The number of nitrogens with zero attached hydrogens (tertiary/aromatic N) is 1. The topological polar surface area (TPSA) is 58.6 Å². The molecule has 2 aromatic carbocycles. The molecule has 1 heterocycles. The van der Waals surface area contributed by atoms with Gasteiger partial charge in [-0.1, -0.05) is 53.8 Å². The maximum atomic E-state index is 12.7. The molecule has 0 unspecified atom stereocenters. The highest BCUT2D eigenvalue weighted by molar-refractivity contribution is 8.26. The minimum Gasteiger partial charge on any atom is -0.497 e. The molecule has 0 aromatic heterocycles. The fraction of sp³-hybridized carbons (Fsp3) is 0.227. The van der Waals surface area contributed by atoms with Crippen molar-refractivity contribution in [2.24, 2.45) is 0 Å². The van der Waals surface area contributed by atoms with Crippen LogP contribution in [-0.4, -0.2) is 34.7 Å². The molecule has 2 amide bonds. The largest absolute Gasteiger partial charge is 0.497 e. The first-order chi connectivity index (χ1) is 14.0. The molecule has 0 aliphatic carbocycles. The van der Waals surface area contributed by atoms with Crippen molar-refractivity contribution in [3.63, 3.8) is 0 Å². The van der Waals surface area contributed by atoms with E-state index < -0.39 is 0 Å². The van der Waals surface area contributed by atoms with Crippen molar-refractivity contribution in [3.8, 4) is 5.75 Å². The van der Waals surface area contributed by atoms with Crippen molar-refractivity contribution in [2.45, 2.75) is 19.8 Å². The summed E-state index contributed by atoms with van der Waals surface area (Å²) in [5.41, 5.74) is 2.85. The van der Waals surface area contributed by atoms with Crippen molar-refractivity contribution < 1.29 is 14.3 Å². The van der Waals surface area contributed by atoms with Crippen LogP contribution in [0.2, 0.25) is 0 Å². The number of carbonyl (C=O) groups excluding carboxylic acids is 2. The number of thiocarbonyl (C=S) groups is 1. The lowest BCUT2D eigenvalue weighted by atomic mass is 10.1. The van der Waals surface area contributed by atoms with Crippen LogP contribution in [-0.2, 0) is 9.59 Å². The third-order valence-electron chi connectivity index (χ3n) is 4.41. The van der Waals surface area contributed by atoms with Crippen LogP contribution >= 0.6 is 24.0 Å². The minimum absolute atomic E-state index is 0.101. The van der Waals surface area contributed by atoms with Crippen LogP contribution in [0.5, 0.6) is 5.75 Å². The molecule has 5 nitrogen and oxygen atoms in total. The summed E-state index contributed by atoms with van der Waals surface area (Å²) in [5, 5.41) is 2.84. The fourth-order valence-electron chi connectivity index (χ4n) is 2.80. The molecule has 150 valence electrons. The molecular formula is C22H22N2O3S2. The van der Waals surface area contributed by atoms with Gasteiger partial charge in [-0.3, -0.25) is 14.5 Å². The van der Waals surface area contributed by atoms with E-state index in [-0.39, 0.29) is 11.8 Å². The summed E-state index contributed by atoms with van der Waals surface area (Å²) in [5.74, 6) is 0.531. The summed E-state index contributed by atoms with van der Waals surface area (Å²) in [6.07, 6.45) is 2.70. The van der Waals surface area contributed by atoms with E-state index in [2.05, 4.69) is 5.32 Å². The van der Waals surface area contributed by atoms with Gasteiger partial charge in [-0.05, 0) is 49.2 Å². The number of amides is 2. The number of benzene rings is 2. The van der Waals surface area contributed by atoms with E-state index in [0.717, 1.165) is 11.3 Å². The second-order valence-corrected chi connectivity index (χ2v) is 8.30. The summed E-state index contributed by atoms with van der Waals surface area (Å²) in [7, 11) is 1.59. The first-order valence-electron chi connectivity index (χ1n) is 9.22. The number of aryl methyl sites for hydroxylation is 1. The van der Waals surface area contributed by atoms with Crippen LogP contribution in [0.15, 0.2) is 53.4 Å². The number of methoxy groups -OCH3 is 1. The predicted octanol–water partition coefficient (Wildman–Crippen LogP) is 4.62. The van der Waals surface area contributed by atoms with Crippen LogP contribution in [0, 0.1) is 6.92 Å². The average Bonchev–Trinajstić information content (AvgIpc) is 2.97. The molecule has 0 spiro atoms. The fourth-order valence-corrected chi connectivity index (χ4v) is 4.11. The normalized spacial score (nSPS) is 15.1. The second kappa shape index (κ2) is 9.71. The Morgan fingerprint density at radius 2 is 1.86 bits per heavy atom. The molecular weight excluding hydrogens is 404 g/mol. The van der Waals surface area contributed by atoms with E-state index in [1.54, 1.807) is 36.3 Å². The molecule has 0 bridgehead atoms. The van der Waals surface area contributed by atoms with Gasteiger partial charge in [0.15, 0.2) is 0 Å². The first-order valence-corrected chi connectivity index (χ1v) is 10.4. The lowest BCUT2D eigenvalue weighted by Crippen LogP contribution is -2.29. The lowest BCUT2D eigenvalue weighted by molar-refractivity contribution is -0.122. The summed E-state index contributed by atoms with van der Waals surface area (Å²) < 4.78 is 5.63. The molecule has 29 heavy (non-hydrogen) atoms. The van der Waals surface area contributed by atoms with Gasteiger partial charge >= 0.3 is 0 Å². The lowest BCUT2D eigenvalue weighted by Gasteiger charge is -2.14. The number of rotatable bonds is 7. The maximum Gasteiger partial charge on any atom is 0.266 e. The maximum absolute atomic E-state index is 12.7. The van der Waals surface area contributed by atoms with Gasteiger partial charge in [0.05, 0.1) is 12.0 Å². The van der Waals surface area contributed by atoms with Gasteiger partial charge in [0, 0.05) is 18.7 Å². The van der Waals surface area contributed by atoms with Gasteiger partial charge in [0.25, 0.3) is 5.91 Å². The molecule has 1 aliphatic rings. The van der Waals surface area contributed by atoms with E-state index in [0.29, 0.717) is 34.3 Å². The molecule has 3 rings (SSSR count). The Kier molecular flexibility index (Phi) is 7.06. The SMILES string of the molecule is COc1ccc(NC(=O)CCCN2C(=O)/C(=C/c3ccc(C)cc3)SC2=S)cc1. The Balaban J connectivity index is 1.51. The zero-order valence-electron chi connectivity index (χ0n) is 16.3. The van der Waals surface area contributed by atoms with Gasteiger partial charge < -0.3 is 10.1 Å². The molecule has 7 heteroatoms. The highest BCUT2D eigenvalue weighted by Crippen LogP contribution is 2.32. The first kappa shape index (κ1) is 21.1. The Labute approximate surface area is 180 Å². The number of anilines is 1. The van der Waals surface area contributed by atoms with E-state index in [1.165, 1.54) is 17.3 Å². The number of hydrogen-bond acceptors (Lipinski definition) is 5. The van der Waals surface area contributed by atoms with Crippen LogP contribution in [0.1, 0.15) is 24.0 Å². The number of ether oxygens (including phenoxy) is 1. The minimum atomic E-state index is -0.101.